The predicted octanol–water partition coefficient (Wildman–Crippen LogP) is 3.75. The summed E-state index contributed by atoms with van der Waals surface area (Å²) in [5, 5.41) is 2.93. The van der Waals surface area contributed by atoms with Crippen LogP contribution >= 0.6 is 15.9 Å². The molecular formula is C18H17BrN2O2. The number of aryl methyl sites for hydroxylation is 1. The van der Waals surface area contributed by atoms with Crippen LogP contribution in [0.3, 0.4) is 0 Å². The van der Waals surface area contributed by atoms with Crippen molar-refractivity contribution in [3.8, 4) is 0 Å². The van der Waals surface area contributed by atoms with Gasteiger partial charge in [-0.25, -0.2) is 0 Å². The number of halogens is 1. The third-order valence-corrected chi connectivity index (χ3v) is 4.57. The molecule has 1 N–H and O–H groups in total. The van der Waals surface area contributed by atoms with Gasteiger partial charge in [-0.2, -0.15) is 0 Å². The first-order chi connectivity index (χ1) is 11.0. The second kappa shape index (κ2) is 6.54. The van der Waals surface area contributed by atoms with Crippen LogP contribution in [0.15, 0.2) is 53.0 Å². The molecule has 118 valence electrons. The first-order valence-corrected chi connectivity index (χ1v) is 8.26. The lowest BCUT2D eigenvalue weighted by atomic mass is 10.1. The number of nitrogens with zero attached hydrogens (tertiary/aromatic N) is 1. The van der Waals surface area contributed by atoms with Gasteiger partial charge in [0.2, 0.25) is 11.8 Å². The smallest absolute Gasteiger partial charge is 0.229 e. The van der Waals surface area contributed by atoms with Gasteiger partial charge in [0.15, 0.2) is 0 Å². The summed E-state index contributed by atoms with van der Waals surface area (Å²) in [4.78, 5) is 26.3. The van der Waals surface area contributed by atoms with Crippen molar-refractivity contribution in [1.82, 2.24) is 0 Å². The maximum atomic E-state index is 12.4. The molecule has 0 saturated carbocycles. The molecule has 2 aromatic carbocycles. The van der Waals surface area contributed by atoms with Crippen molar-refractivity contribution in [3.63, 3.8) is 0 Å². The first kappa shape index (κ1) is 15.7. The molecule has 1 atom stereocenters. The third-order valence-electron chi connectivity index (χ3n) is 4.04. The quantitative estimate of drug-likeness (QED) is 0.891. The third kappa shape index (κ3) is 3.45. The SMILES string of the molecule is Cc1ccccc1NC(=O)[C@H]1CC(=O)N(c2ccc(Br)cc2)C1. The minimum absolute atomic E-state index is 0.0164. The van der Waals surface area contributed by atoms with Crippen LogP contribution < -0.4 is 10.2 Å². The van der Waals surface area contributed by atoms with E-state index in [9.17, 15) is 9.59 Å². The van der Waals surface area contributed by atoms with Crippen molar-refractivity contribution in [2.75, 3.05) is 16.8 Å². The number of amides is 2. The lowest BCUT2D eigenvalue weighted by Gasteiger charge is -2.17. The number of benzene rings is 2. The molecular weight excluding hydrogens is 356 g/mol. The predicted molar refractivity (Wildman–Crippen MR) is 94.4 cm³/mol. The molecule has 1 heterocycles. The van der Waals surface area contributed by atoms with Gasteiger partial charge in [0.1, 0.15) is 0 Å². The molecule has 1 saturated heterocycles. The summed E-state index contributed by atoms with van der Waals surface area (Å²) in [7, 11) is 0. The molecule has 0 bridgehead atoms. The van der Waals surface area contributed by atoms with Gasteiger partial charge in [0.05, 0.1) is 5.92 Å². The van der Waals surface area contributed by atoms with E-state index in [2.05, 4.69) is 21.2 Å². The Kier molecular flexibility index (Phi) is 4.48. The van der Waals surface area contributed by atoms with Crippen LogP contribution in [0.2, 0.25) is 0 Å². The lowest BCUT2D eigenvalue weighted by molar-refractivity contribution is -0.122. The van der Waals surface area contributed by atoms with Gasteiger partial charge in [-0.05, 0) is 42.8 Å². The number of carbonyl (C=O) groups is 2. The van der Waals surface area contributed by atoms with E-state index in [0.717, 1.165) is 21.4 Å². The average molecular weight is 373 g/mol. The highest BCUT2D eigenvalue weighted by Gasteiger charge is 2.35. The number of carbonyl (C=O) groups excluding carboxylic acids is 2. The lowest BCUT2D eigenvalue weighted by Crippen LogP contribution is -2.28. The van der Waals surface area contributed by atoms with E-state index < -0.39 is 0 Å². The molecule has 0 spiro atoms. The van der Waals surface area contributed by atoms with Crippen molar-refractivity contribution < 1.29 is 9.59 Å². The molecule has 0 unspecified atom stereocenters. The zero-order valence-electron chi connectivity index (χ0n) is 12.8. The van der Waals surface area contributed by atoms with Crippen molar-refractivity contribution in [2.45, 2.75) is 13.3 Å². The fourth-order valence-corrected chi connectivity index (χ4v) is 2.97. The topological polar surface area (TPSA) is 49.4 Å². The highest BCUT2D eigenvalue weighted by Crippen LogP contribution is 2.27. The number of hydrogen-bond acceptors (Lipinski definition) is 2. The number of anilines is 2. The molecule has 3 rings (SSSR count). The Hall–Kier alpha value is -2.14. The molecule has 4 nitrogen and oxygen atoms in total. The Bertz CT molecular complexity index is 743. The van der Waals surface area contributed by atoms with Crippen LogP contribution in [-0.2, 0) is 9.59 Å². The number of rotatable bonds is 3. The Morgan fingerprint density at radius 1 is 1.17 bits per heavy atom. The molecule has 23 heavy (non-hydrogen) atoms. The van der Waals surface area contributed by atoms with Crippen molar-refractivity contribution in [1.29, 1.82) is 0 Å². The van der Waals surface area contributed by atoms with Gasteiger partial charge < -0.3 is 10.2 Å². The average Bonchev–Trinajstić information content (AvgIpc) is 2.92. The molecule has 1 fully saturated rings. The second-order valence-electron chi connectivity index (χ2n) is 5.69. The summed E-state index contributed by atoms with van der Waals surface area (Å²) < 4.78 is 0.960. The van der Waals surface area contributed by atoms with Crippen molar-refractivity contribution in [3.05, 3.63) is 58.6 Å². The highest BCUT2D eigenvalue weighted by molar-refractivity contribution is 9.10. The molecule has 0 radical (unpaired) electrons. The van der Waals surface area contributed by atoms with E-state index in [0.29, 0.717) is 6.54 Å². The van der Waals surface area contributed by atoms with Gasteiger partial charge in [-0.15, -0.1) is 0 Å². The van der Waals surface area contributed by atoms with Crippen LogP contribution in [0.5, 0.6) is 0 Å². The Morgan fingerprint density at radius 2 is 1.87 bits per heavy atom. The number of nitrogens with one attached hydrogen (secondary N) is 1. The molecule has 5 heteroatoms. The largest absolute Gasteiger partial charge is 0.326 e. The van der Waals surface area contributed by atoms with Gasteiger partial charge in [-0.1, -0.05) is 34.1 Å². The maximum absolute atomic E-state index is 12.4. The van der Waals surface area contributed by atoms with Crippen LogP contribution in [0.25, 0.3) is 0 Å². The van der Waals surface area contributed by atoms with Gasteiger partial charge >= 0.3 is 0 Å². The van der Waals surface area contributed by atoms with Crippen LogP contribution in [0.1, 0.15) is 12.0 Å². The van der Waals surface area contributed by atoms with Crippen LogP contribution in [0.4, 0.5) is 11.4 Å². The second-order valence-corrected chi connectivity index (χ2v) is 6.60. The van der Waals surface area contributed by atoms with E-state index in [-0.39, 0.29) is 24.2 Å². The maximum Gasteiger partial charge on any atom is 0.229 e. The van der Waals surface area contributed by atoms with Crippen molar-refractivity contribution >= 4 is 39.1 Å². The molecule has 2 amide bonds. The summed E-state index contributed by atoms with van der Waals surface area (Å²) in [5.41, 5.74) is 2.63. The number of para-hydroxylation sites is 1. The Balaban J connectivity index is 1.71. The zero-order valence-corrected chi connectivity index (χ0v) is 14.3. The van der Waals surface area contributed by atoms with Crippen LogP contribution in [0, 0.1) is 12.8 Å². The minimum atomic E-state index is -0.328. The Morgan fingerprint density at radius 3 is 2.57 bits per heavy atom. The van der Waals surface area contributed by atoms with E-state index >= 15 is 0 Å². The van der Waals surface area contributed by atoms with E-state index in [1.807, 2.05) is 55.5 Å². The highest BCUT2D eigenvalue weighted by atomic mass is 79.9. The fraction of sp³-hybridized carbons (Fsp3) is 0.222. The van der Waals surface area contributed by atoms with Gasteiger partial charge in [0.25, 0.3) is 0 Å². The monoisotopic (exact) mass is 372 g/mol. The summed E-state index contributed by atoms with van der Waals surface area (Å²) in [6.07, 6.45) is 0.244. The summed E-state index contributed by atoms with van der Waals surface area (Å²) in [5.74, 6) is -0.449. The summed E-state index contributed by atoms with van der Waals surface area (Å²) >= 11 is 3.38. The summed E-state index contributed by atoms with van der Waals surface area (Å²) in [6, 6.07) is 15.2. The van der Waals surface area contributed by atoms with E-state index in [1.165, 1.54) is 0 Å². The zero-order chi connectivity index (χ0) is 16.4. The van der Waals surface area contributed by atoms with E-state index in [1.54, 1.807) is 4.90 Å². The van der Waals surface area contributed by atoms with Gasteiger partial charge in [-0.3, -0.25) is 9.59 Å². The first-order valence-electron chi connectivity index (χ1n) is 7.47. The number of hydrogen-bond donors (Lipinski definition) is 1. The molecule has 0 aliphatic carbocycles. The Labute approximate surface area is 143 Å². The standard InChI is InChI=1S/C18H17BrN2O2/c1-12-4-2-3-5-16(12)20-18(23)13-10-17(22)21(11-13)15-8-6-14(19)7-9-15/h2-9,13H,10-11H2,1H3,(H,20,23)/t13-/m0/s1. The minimum Gasteiger partial charge on any atom is -0.326 e. The van der Waals surface area contributed by atoms with E-state index in [4.69, 9.17) is 0 Å². The van der Waals surface area contributed by atoms with Crippen LogP contribution in [-0.4, -0.2) is 18.4 Å². The molecule has 1 aliphatic rings. The normalized spacial score (nSPS) is 17.4. The summed E-state index contributed by atoms with van der Waals surface area (Å²) in [6.45, 7) is 2.36. The molecule has 2 aromatic rings. The van der Waals surface area contributed by atoms with Crippen molar-refractivity contribution in [2.24, 2.45) is 5.92 Å². The molecule has 1 aliphatic heterocycles. The fourth-order valence-electron chi connectivity index (χ4n) is 2.70. The van der Waals surface area contributed by atoms with Gasteiger partial charge in [0, 0.05) is 28.8 Å². The molecule has 0 aromatic heterocycles.